The van der Waals surface area contributed by atoms with Gasteiger partial charge in [0.2, 0.25) is 5.91 Å². The Labute approximate surface area is 211 Å². The Morgan fingerprint density at radius 3 is 2.22 bits per heavy atom. The first-order valence-electron chi connectivity index (χ1n) is 11.9. The lowest BCUT2D eigenvalue weighted by Gasteiger charge is -2.16. The van der Waals surface area contributed by atoms with E-state index < -0.39 is 5.82 Å². The summed E-state index contributed by atoms with van der Waals surface area (Å²) in [6.45, 7) is 0.827. The molecule has 1 aliphatic heterocycles. The second-order valence-corrected chi connectivity index (χ2v) is 9.44. The number of halogens is 1. The van der Waals surface area contributed by atoms with Crippen molar-refractivity contribution in [3.05, 3.63) is 94.8 Å². The Bertz CT molecular complexity index is 1300. The molecule has 0 aromatic heterocycles. The van der Waals surface area contributed by atoms with Gasteiger partial charge in [0.15, 0.2) is 0 Å². The predicted octanol–water partition coefficient (Wildman–Crippen LogP) is 4.84. The quantitative estimate of drug-likeness (QED) is 0.447. The zero-order valence-corrected chi connectivity index (χ0v) is 21.1. The van der Waals surface area contributed by atoms with Crippen molar-refractivity contribution in [2.45, 2.75) is 19.4 Å². The zero-order valence-electron chi connectivity index (χ0n) is 21.1. The van der Waals surface area contributed by atoms with E-state index >= 15 is 0 Å². The number of fused-ring (bicyclic) bond motifs is 1. The molecule has 0 radical (unpaired) electrons. The van der Waals surface area contributed by atoms with Crippen LogP contribution in [0.1, 0.15) is 28.7 Å². The van der Waals surface area contributed by atoms with Gasteiger partial charge in [-0.15, -0.1) is 0 Å². The van der Waals surface area contributed by atoms with Crippen molar-refractivity contribution in [2.24, 2.45) is 0 Å². The van der Waals surface area contributed by atoms with Gasteiger partial charge in [0, 0.05) is 38.3 Å². The molecule has 2 amide bonds. The average Bonchev–Trinajstić information content (AvgIpc) is 3.16. The summed E-state index contributed by atoms with van der Waals surface area (Å²) in [5.41, 5.74) is 6.05. The predicted molar refractivity (Wildman–Crippen MR) is 143 cm³/mol. The third-order valence-electron chi connectivity index (χ3n) is 6.07. The van der Waals surface area contributed by atoms with Crippen molar-refractivity contribution in [1.29, 1.82) is 0 Å². The van der Waals surface area contributed by atoms with Crippen LogP contribution in [0.5, 0.6) is 0 Å². The highest BCUT2D eigenvalue weighted by Crippen LogP contribution is 2.38. The monoisotopic (exact) mass is 486 g/mol. The van der Waals surface area contributed by atoms with Gasteiger partial charge in [-0.1, -0.05) is 36.4 Å². The smallest absolute Gasteiger partial charge is 0.258 e. The maximum atomic E-state index is 13.8. The molecule has 36 heavy (non-hydrogen) atoms. The second kappa shape index (κ2) is 10.7. The molecule has 7 heteroatoms. The van der Waals surface area contributed by atoms with E-state index in [1.165, 1.54) is 17.7 Å². The van der Waals surface area contributed by atoms with E-state index in [2.05, 4.69) is 15.5 Å². The molecule has 1 aliphatic rings. The highest BCUT2D eigenvalue weighted by molar-refractivity contribution is 6.37. The number of rotatable bonds is 8. The number of aryl methyl sites for hydroxylation is 1. The number of hydrogen-bond acceptors (Lipinski definition) is 4. The maximum Gasteiger partial charge on any atom is 0.258 e. The van der Waals surface area contributed by atoms with E-state index in [-0.39, 0.29) is 11.8 Å². The van der Waals surface area contributed by atoms with Gasteiger partial charge in [0.1, 0.15) is 5.82 Å². The summed E-state index contributed by atoms with van der Waals surface area (Å²) in [5.74, 6) is -0.617. The van der Waals surface area contributed by atoms with Crippen LogP contribution in [0.15, 0.2) is 66.7 Å². The van der Waals surface area contributed by atoms with E-state index in [1.807, 2.05) is 62.6 Å². The van der Waals surface area contributed by atoms with Gasteiger partial charge in [0.25, 0.3) is 5.91 Å². The molecule has 0 saturated carbocycles. The fourth-order valence-electron chi connectivity index (χ4n) is 4.19. The summed E-state index contributed by atoms with van der Waals surface area (Å²) >= 11 is 0. The van der Waals surface area contributed by atoms with Crippen LogP contribution < -0.4 is 10.6 Å². The molecule has 4 rings (SSSR count). The van der Waals surface area contributed by atoms with Gasteiger partial charge in [-0.25, -0.2) is 4.39 Å². The molecule has 0 aliphatic carbocycles. The Balaban J connectivity index is 1.70. The molecular formula is C29H31FN4O2. The Hall–Kier alpha value is -3.97. The minimum atomic E-state index is -0.405. The summed E-state index contributed by atoms with van der Waals surface area (Å²) in [5, 5.41) is 6.22. The van der Waals surface area contributed by atoms with Crippen LogP contribution >= 0.6 is 0 Å². The number of benzene rings is 3. The summed E-state index contributed by atoms with van der Waals surface area (Å²) in [7, 11) is 7.54. The number of amides is 2. The van der Waals surface area contributed by atoms with Crippen molar-refractivity contribution >= 4 is 34.5 Å². The molecule has 1 heterocycles. The number of carbonyl (C=O) groups excluding carboxylic acids is 2. The third kappa shape index (κ3) is 5.80. The number of anilines is 2. The van der Waals surface area contributed by atoms with Crippen LogP contribution in [0.3, 0.4) is 0 Å². The highest BCUT2D eigenvalue weighted by atomic mass is 19.1. The van der Waals surface area contributed by atoms with Gasteiger partial charge in [-0.2, -0.15) is 0 Å². The number of nitrogens with zero attached hydrogens (tertiary/aromatic N) is 2. The van der Waals surface area contributed by atoms with Crippen LogP contribution in [0.2, 0.25) is 0 Å². The number of carbonyl (C=O) groups is 2. The van der Waals surface area contributed by atoms with Crippen molar-refractivity contribution in [3.63, 3.8) is 0 Å². The molecule has 0 fully saturated rings. The summed E-state index contributed by atoms with van der Waals surface area (Å²) in [4.78, 5) is 28.7. The van der Waals surface area contributed by atoms with Crippen molar-refractivity contribution < 1.29 is 14.0 Å². The van der Waals surface area contributed by atoms with Crippen molar-refractivity contribution in [2.75, 3.05) is 38.8 Å². The minimum absolute atomic E-state index is 0.0766. The molecule has 0 unspecified atom stereocenters. The minimum Gasteiger partial charge on any atom is -0.354 e. The van der Waals surface area contributed by atoms with E-state index in [1.54, 1.807) is 25.1 Å². The Kier molecular flexibility index (Phi) is 7.50. The first-order chi connectivity index (χ1) is 17.2. The Morgan fingerprint density at radius 2 is 1.58 bits per heavy atom. The van der Waals surface area contributed by atoms with Gasteiger partial charge in [-0.3, -0.25) is 9.59 Å². The van der Waals surface area contributed by atoms with Crippen molar-refractivity contribution in [3.8, 4) is 0 Å². The van der Waals surface area contributed by atoms with Crippen LogP contribution in [0, 0.1) is 5.82 Å². The maximum absolute atomic E-state index is 13.8. The SMILES string of the molecule is CN(C)Cc1ccc(NC(=C2C(=O)Nc3cc(F)ccc32)c2ccc(CCC(=O)N(C)C)cc2)cc1. The molecule has 0 atom stereocenters. The van der Waals surface area contributed by atoms with Gasteiger partial charge < -0.3 is 20.4 Å². The van der Waals surface area contributed by atoms with Gasteiger partial charge in [-0.05, 0) is 67.5 Å². The average molecular weight is 487 g/mol. The van der Waals surface area contributed by atoms with E-state index in [9.17, 15) is 14.0 Å². The normalized spacial score (nSPS) is 13.9. The Morgan fingerprint density at radius 1 is 0.917 bits per heavy atom. The van der Waals surface area contributed by atoms with Gasteiger partial charge in [0.05, 0.1) is 17.0 Å². The van der Waals surface area contributed by atoms with Crippen LogP contribution in [0.4, 0.5) is 15.8 Å². The molecule has 6 nitrogen and oxygen atoms in total. The van der Waals surface area contributed by atoms with Gasteiger partial charge >= 0.3 is 0 Å². The number of hydrogen-bond donors (Lipinski definition) is 2. The van der Waals surface area contributed by atoms with E-state index in [4.69, 9.17) is 0 Å². The highest BCUT2D eigenvalue weighted by Gasteiger charge is 2.28. The molecule has 3 aromatic carbocycles. The molecule has 0 bridgehead atoms. The standard InChI is InChI=1S/C29H31FN4O2/c1-33(2)18-20-7-13-23(14-8-20)31-28(27-24-15-12-22(30)17-25(24)32-29(27)36)21-10-5-19(6-11-21)9-16-26(35)34(3)4/h5-8,10-15,17,31H,9,16,18H2,1-4H3,(H,32,36). The molecule has 2 N–H and O–H groups in total. The number of nitrogens with one attached hydrogen (secondary N) is 2. The third-order valence-corrected chi connectivity index (χ3v) is 6.07. The lowest BCUT2D eigenvalue weighted by Crippen LogP contribution is -2.21. The van der Waals surface area contributed by atoms with Crippen LogP contribution in [0.25, 0.3) is 11.3 Å². The zero-order chi connectivity index (χ0) is 25.8. The topological polar surface area (TPSA) is 64.7 Å². The molecule has 0 saturated heterocycles. The largest absolute Gasteiger partial charge is 0.354 e. The lowest BCUT2D eigenvalue weighted by atomic mass is 9.98. The fourth-order valence-corrected chi connectivity index (χ4v) is 4.19. The molecule has 3 aromatic rings. The lowest BCUT2D eigenvalue weighted by molar-refractivity contribution is -0.128. The van der Waals surface area contributed by atoms with Crippen LogP contribution in [-0.2, 0) is 22.6 Å². The molecule has 0 spiro atoms. The first kappa shape index (κ1) is 25.1. The van der Waals surface area contributed by atoms with Crippen molar-refractivity contribution in [1.82, 2.24) is 9.80 Å². The van der Waals surface area contributed by atoms with E-state index in [0.29, 0.717) is 35.4 Å². The summed E-state index contributed by atoms with van der Waals surface area (Å²) in [6.07, 6.45) is 1.06. The van der Waals surface area contributed by atoms with E-state index in [0.717, 1.165) is 23.4 Å². The first-order valence-corrected chi connectivity index (χ1v) is 11.9. The summed E-state index contributed by atoms with van der Waals surface area (Å²) < 4.78 is 13.8. The molecule has 186 valence electrons. The summed E-state index contributed by atoms with van der Waals surface area (Å²) in [6, 6.07) is 20.2. The second-order valence-electron chi connectivity index (χ2n) is 9.44. The van der Waals surface area contributed by atoms with Crippen LogP contribution in [-0.4, -0.2) is 49.8 Å². The fraction of sp³-hybridized carbons (Fsp3) is 0.241. The molecular weight excluding hydrogens is 455 g/mol.